The molecule has 4 aromatic rings. The molecule has 3 aromatic heterocycles. The first kappa shape index (κ1) is 23.8. The van der Waals surface area contributed by atoms with E-state index < -0.39 is 5.91 Å². The van der Waals surface area contributed by atoms with Gasteiger partial charge in [-0.3, -0.25) is 4.79 Å². The number of rotatable bonds is 10. The molecule has 0 atom stereocenters. The Balaban J connectivity index is 1.66. The highest BCUT2D eigenvalue weighted by Crippen LogP contribution is 2.38. The number of methoxy groups -OCH3 is 1. The largest absolute Gasteiger partial charge is 0.493 e. The Labute approximate surface area is 207 Å². The summed E-state index contributed by atoms with van der Waals surface area (Å²) in [6.07, 6.45) is 6.14. The normalized spacial score (nSPS) is 10.5. The SMILES string of the molecule is COc1ccccc1Oc1c(OCCOc2ncc(Br)cn2)nc(-c2ncccn2)nc1C(N)=O. The first-order chi connectivity index (χ1) is 17.0. The molecule has 35 heavy (non-hydrogen) atoms. The third-order valence-corrected chi connectivity index (χ3v) is 4.67. The Morgan fingerprint density at radius 3 is 2.29 bits per heavy atom. The molecule has 0 fully saturated rings. The predicted molar refractivity (Wildman–Crippen MR) is 125 cm³/mol. The molecule has 13 heteroatoms. The molecule has 0 radical (unpaired) electrons. The summed E-state index contributed by atoms with van der Waals surface area (Å²) < 4.78 is 23.3. The minimum atomic E-state index is -0.862. The first-order valence-electron chi connectivity index (χ1n) is 10.1. The van der Waals surface area contributed by atoms with Crippen LogP contribution in [0.15, 0.2) is 59.6 Å². The summed E-state index contributed by atoms with van der Waals surface area (Å²) in [5.41, 5.74) is 5.39. The Morgan fingerprint density at radius 1 is 0.914 bits per heavy atom. The number of nitrogens with zero attached hydrogens (tertiary/aromatic N) is 6. The lowest BCUT2D eigenvalue weighted by Gasteiger charge is -2.16. The number of halogens is 1. The lowest BCUT2D eigenvalue weighted by atomic mass is 10.3. The quantitative estimate of drug-likeness (QED) is 0.295. The lowest BCUT2D eigenvalue weighted by molar-refractivity contribution is 0.0991. The van der Waals surface area contributed by atoms with Gasteiger partial charge in [0.05, 0.1) is 11.6 Å². The molecule has 0 aliphatic rings. The number of aromatic nitrogens is 6. The number of nitrogens with two attached hydrogens (primary N) is 1. The highest BCUT2D eigenvalue weighted by Gasteiger charge is 2.24. The summed E-state index contributed by atoms with van der Waals surface area (Å²) >= 11 is 3.26. The molecule has 1 aromatic carbocycles. The van der Waals surface area contributed by atoms with Gasteiger partial charge in [-0.25, -0.2) is 24.9 Å². The number of benzene rings is 1. The second kappa shape index (κ2) is 11.2. The van der Waals surface area contributed by atoms with Gasteiger partial charge in [0.1, 0.15) is 13.2 Å². The fraction of sp³-hybridized carbons (Fsp3) is 0.136. The fourth-order valence-electron chi connectivity index (χ4n) is 2.76. The number of ether oxygens (including phenoxy) is 4. The molecule has 0 aliphatic carbocycles. The van der Waals surface area contributed by atoms with Gasteiger partial charge in [-0.1, -0.05) is 12.1 Å². The van der Waals surface area contributed by atoms with Crippen molar-refractivity contribution in [1.82, 2.24) is 29.9 Å². The molecule has 2 N–H and O–H groups in total. The van der Waals surface area contributed by atoms with Gasteiger partial charge in [0.15, 0.2) is 23.0 Å². The van der Waals surface area contributed by atoms with Gasteiger partial charge in [0.25, 0.3) is 11.8 Å². The van der Waals surface area contributed by atoms with Crippen molar-refractivity contribution in [3.05, 3.63) is 65.3 Å². The molecule has 1 amide bonds. The Bertz CT molecular complexity index is 1310. The molecule has 178 valence electrons. The fourth-order valence-corrected chi connectivity index (χ4v) is 2.97. The van der Waals surface area contributed by atoms with Crippen molar-refractivity contribution < 1.29 is 23.7 Å². The third-order valence-electron chi connectivity index (χ3n) is 4.26. The van der Waals surface area contributed by atoms with E-state index in [9.17, 15) is 4.79 Å². The minimum Gasteiger partial charge on any atom is -0.493 e. The maximum absolute atomic E-state index is 12.3. The van der Waals surface area contributed by atoms with E-state index in [1.165, 1.54) is 19.5 Å². The van der Waals surface area contributed by atoms with Crippen molar-refractivity contribution >= 4 is 21.8 Å². The van der Waals surface area contributed by atoms with E-state index in [2.05, 4.69) is 45.8 Å². The van der Waals surface area contributed by atoms with Crippen LogP contribution in [0.5, 0.6) is 29.1 Å². The average Bonchev–Trinajstić information content (AvgIpc) is 2.89. The van der Waals surface area contributed by atoms with Crippen LogP contribution in [0.4, 0.5) is 0 Å². The van der Waals surface area contributed by atoms with E-state index in [1.54, 1.807) is 42.7 Å². The summed E-state index contributed by atoms with van der Waals surface area (Å²) in [6.45, 7) is 0.0782. The second-order valence-electron chi connectivity index (χ2n) is 6.60. The van der Waals surface area contributed by atoms with Gasteiger partial charge in [-0.05, 0) is 34.1 Å². The molecule has 0 saturated carbocycles. The molecule has 4 rings (SSSR count). The highest BCUT2D eigenvalue weighted by molar-refractivity contribution is 9.10. The van der Waals surface area contributed by atoms with Crippen LogP contribution in [-0.2, 0) is 0 Å². The maximum atomic E-state index is 12.3. The smallest absolute Gasteiger partial charge is 0.316 e. The molecular formula is C22H18BrN7O5. The van der Waals surface area contributed by atoms with Crippen LogP contribution in [0, 0.1) is 0 Å². The molecule has 0 unspecified atom stereocenters. The number of primary amides is 1. The second-order valence-corrected chi connectivity index (χ2v) is 7.52. The van der Waals surface area contributed by atoms with Crippen molar-refractivity contribution in [2.45, 2.75) is 0 Å². The van der Waals surface area contributed by atoms with Crippen LogP contribution in [-0.4, -0.2) is 56.1 Å². The van der Waals surface area contributed by atoms with Crippen LogP contribution in [0.3, 0.4) is 0 Å². The number of hydrogen-bond acceptors (Lipinski definition) is 11. The van der Waals surface area contributed by atoms with Crippen molar-refractivity contribution in [3.8, 4) is 40.8 Å². The van der Waals surface area contributed by atoms with E-state index in [0.29, 0.717) is 11.5 Å². The van der Waals surface area contributed by atoms with Crippen LogP contribution in [0.2, 0.25) is 0 Å². The van der Waals surface area contributed by atoms with Crippen molar-refractivity contribution in [2.75, 3.05) is 20.3 Å². The highest BCUT2D eigenvalue weighted by atomic mass is 79.9. The van der Waals surface area contributed by atoms with E-state index >= 15 is 0 Å². The van der Waals surface area contributed by atoms with Gasteiger partial charge in [0.2, 0.25) is 11.6 Å². The molecular weight excluding hydrogens is 522 g/mol. The van der Waals surface area contributed by atoms with Gasteiger partial charge < -0.3 is 24.7 Å². The summed E-state index contributed by atoms with van der Waals surface area (Å²) in [5, 5.41) is 0. The van der Waals surface area contributed by atoms with E-state index in [0.717, 1.165) is 4.47 Å². The predicted octanol–water partition coefficient (Wildman–Crippen LogP) is 2.84. The van der Waals surface area contributed by atoms with Crippen molar-refractivity contribution in [2.24, 2.45) is 5.73 Å². The maximum Gasteiger partial charge on any atom is 0.316 e. The number of hydrogen-bond donors (Lipinski definition) is 1. The topological polar surface area (TPSA) is 157 Å². The van der Waals surface area contributed by atoms with Crippen LogP contribution in [0.25, 0.3) is 11.6 Å². The summed E-state index contributed by atoms with van der Waals surface area (Å²) in [5.74, 6) is -0.112. The Hall–Kier alpha value is -4.39. The molecule has 0 aliphatic heterocycles. The van der Waals surface area contributed by atoms with Crippen molar-refractivity contribution in [1.29, 1.82) is 0 Å². The number of para-hydroxylation sites is 2. The number of carbonyl (C=O) groups is 1. The summed E-state index contributed by atoms with van der Waals surface area (Å²) in [4.78, 5) is 37.2. The van der Waals surface area contributed by atoms with E-state index in [-0.39, 0.29) is 48.2 Å². The van der Waals surface area contributed by atoms with Gasteiger partial charge in [0, 0.05) is 24.8 Å². The monoisotopic (exact) mass is 539 g/mol. The standard InChI is InChI=1S/C22H18BrN7O5/c1-32-14-5-2-3-6-15(14)35-17-16(18(24)31)29-20(19-25-7-4-8-26-19)30-21(17)33-9-10-34-22-27-11-13(23)12-28-22/h2-8,11-12H,9-10H2,1H3,(H2,24,31). The van der Waals surface area contributed by atoms with Gasteiger partial charge in [-0.15, -0.1) is 0 Å². The average molecular weight is 540 g/mol. The number of carbonyl (C=O) groups excluding carboxylic acids is 1. The lowest BCUT2D eigenvalue weighted by Crippen LogP contribution is -2.18. The van der Waals surface area contributed by atoms with Crippen molar-refractivity contribution in [3.63, 3.8) is 0 Å². The zero-order valence-corrected chi connectivity index (χ0v) is 19.9. The Morgan fingerprint density at radius 2 is 1.60 bits per heavy atom. The molecule has 0 bridgehead atoms. The zero-order valence-electron chi connectivity index (χ0n) is 18.3. The summed E-state index contributed by atoms with van der Waals surface area (Å²) in [6, 6.07) is 8.65. The first-order valence-corrected chi connectivity index (χ1v) is 10.9. The summed E-state index contributed by atoms with van der Waals surface area (Å²) in [7, 11) is 1.49. The van der Waals surface area contributed by atoms with Crippen LogP contribution < -0.4 is 24.7 Å². The Kier molecular flexibility index (Phi) is 7.57. The molecule has 3 heterocycles. The van der Waals surface area contributed by atoms with Gasteiger partial charge >= 0.3 is 6.01 Å². The molecule has 0 saturated heterocycles. The number of amides is 1. The van der Waals surface area contributed by atoms with Crippen LogP contribution in [0.1, 0.15) is 10.5 Å². The van der Waals surface area contributed by atoms with Gasteiger partial charge in [-0.2, -0.15) is 4.98 Å². The minimum absolute atomic E-state index is 0.00596. The zero-order chi connectivity index (χ0) is 24.6. The third kappa shape index (κ3) is 5.95. The van der Waals surface area contributed by atoms with Crippen LogP contribution >= 0.6 is 15.9 Å². The molecule has 0 spiro atoms. The van der Waals surface area contributed by atoms with E-state index in [4.69, 9.17) is 24.7 Å². The van der Waals surface area contributed by atoms with E-state index in [1.807, 2.05) is 0 Å². The molecule has 12 nitrogen and oxygen atoms in total.